The number of hydrogen-bond donors (Lipinski definition) is 0. The molecule has 2 unspecified atom stereocenters. The molecule has 146 valence electrons. The van der Waals surface area contributed by atoms with Crippen LogP contribution in [0.2, 0.25) is 0 Å². The molecule has 2 rings (SSSR count). The predicted octanol–water partition coefficient (Wildman–Crippen LogP) is 2.72. The fraction of sp³-hybridized carbons (Fsp3) is 0.611. The molecule has 0 saturated carbocycles. The van der Waals surface area contributed by atoms with Crippen molar-refractivity contribution in [1.82, 2.24) is 4.90 Å². The Morgan fingerprint density at radius 1 is 1.23 bits per heavy atom. The highest BCUT2D eigenvalue weighted by atomic mass is 32.2. The van der Waals surface area contributed by atoms with Gasteiger partial charge in [-0.05, 0) is 46.2 Å². The second-order valence-electron chi connectivity index (χ2n) is 7.36. The lowest BCUT2D eigenvalue weighted by Gasteiger charge is -2.29. The summed E-state index contributed by atoms with van der Waals surface area (Å²) in [6.45, 7) is 7.45. The molecular formula is C18H27NO6S. The molecule has 0 spiro atoms. The summed E-state index contributed by atoms with van der Waals surface area (Å²) >= 11 is 0. The van der Waals surface area contributed by atoms with Crippen molar-refractivity contribution < 1.29 is 26.9 Å². The maximum atomic E-state index is 12.4. The van der Waals surface area contributed by atoms with E-state index < -0.39 is 27.9 Å². The Hall–Kier alpha value is -1.64. The monoisotopic (exact) mass is 385 g/mol. The quantitative estimate of drug-likeness (QED) is 0.725. The molecule has 7 nitrogen and oxygen atoms in total. The van der Waals surface area contributed by atoms with Crippen LogP contribution in [0.25, 0.3) is 0 Å². The summed E-state index contributed by atoms with van der Waals surface area (Å²) in [7, 11) is -2.38. The van der Waals surface area contributed by atoms with E-state index in [1.807, 2.05) is 6.92 Å². The number of hydrogen-bond acceptors (Lipinski definition) is 6. The van der Waals surface area contributed by atoms with E-state index in [1.54, 1.807) is 32.9 Å². The average Bonchev–Trinajstić information content (AvgIpc) is 2.95. The van der Waals surface area contributed by atoms with Gasteiger partial charge in [-0.2, -0.15) is 8.42 Å². The zero-order chi connectivity index (χ0) is 19.5. The molecule has 0 aliphatic carbocycles. The van der Waals surface area contributed by atoms with Crippen molar-refractivity contribution in [3.8, 4) is 0 Å². The van der Waals surface area contributed by atoms with Crippen molar-refractivity contribution in [1.29, 1.82) is 0 Å². The number of rotatable bonds is 5. The van der Waals surface area contributed by atoms with Gasteiger partial charge < -0.3 is 14.4 Å². The van der Waals surface area contributed by atoms with Crippen LogP contribution in [-0.2, 0) is 23.8 Å². The van der Waals surface area contributed by atoms with E-state index in [0.29, 0.717) is 13.0 Å². The first-order valence-electron chi connectivity index (χ1n) is 8.52. The number of benzene rings is 1. The normalized spacial score (nSPS) is 21.0. The van der Waals surface area contributed by atoms with Crippen molar-refractivity contribution in [3.05, 3.63) is 29.8 Å². The maximum absolute atomic E-state index is 12.4. The Morgan fingerprint density at radius 3 is 2.38 bits per heavy atom. The number of aryl methyl sites for hydroxylation is 1. The Kier molecular flexibility index (Phi) is 6.31. The molecule has 0 radical (unpaired) electrons. The minimum atomic E-state index is -3.91. The van der Waals surface area contributed by atoms with Gasteiger partial charge in [-0.25, -0.2) is 4.79 Å². The van der Waals surface area contributed by atoms with Crippen LogP contribution in [0.1, 0.15) is 32.8 Å². The van der Waals surface area contributed by atoms with Crippen LogP contribution in [0.4, 0.5) is 4.79 Å². The number of amides is 1. The van der Waals surface area contributed by atoms with Crippen LogP contribution in [0, 0.1) is 6.92 Å². The smallest absolute Gasteiger partial charge is 0.410 e. The van der Waals surface area contributed by atoms with Gasteiger partial charge in [0.1, 0.15) is 5.60 Å². The third-order valence-corrected chi connectivity index (χ3v) is 5.41. The highest BCUT2D eigenvalue weighted by Gasteiger charge is 2.40. The van der Waals surface area contributed by atoms with Gasteiger partial charge in [0.25, 0.3) is 10.1 Å². The molecule has 1 fully saturated rings. The van der Waals surface area contributed by atoms with Gasteiger partial charge in [0.2, 0.25) is 0 Å². The van der Waals surface area contributed by atoms with E-state index in [-0.39, 0.29) is 17.6 Å². The topological polar surface area (TPSA) is 82.1 Å². The second kappa shape index (κ2) is 7.94. The van der Waals surface area contributed by atoms with Gasteiger partial charge in [-0.3, -0.25) is 4.18 Å². The van der Waals surface area contributed by atoms with Gasteiger partial charge >= 0.3 is 6.09 Å². The zero-order valence-corrected chi connectivity index (χ0v) is 16.7. The summed E-state index contributed by atoms with van der Waals surface area (Å²) in [4.78, 5) is 14.0. The summed E-state index contributed by atoms with van der Waals surface area (Å²) in [6.07, 6.45) is -0.219. The number of ether oxygens (including phenoxy) is 2. The highest BCUT2D eigenvalue weighted by Crippen LogP contribution is 2.25. The van der Waals surface area contributed by atoms with E-state index in [0.717, 1.165) is 5.56 Å². The Balaban J connectivity index is 2.10. The summed E-state index contributed by atoms with van der Waals surface area (Å²) in [5.41, 5.74) is 0.317. The molecule has 0 aromatic heterocycles. The second-order valence-corrected chi connectivity index (χ2v) is 8.97. The van der Waals surface area contributed by atoms with E-state index in [1.165, 1.54) is 24.1 Å². The van der Waals surface area contributed by atoms with Crippen molar-refractivity contribution in [3.63, 3.8) is 0 Å². The number of nitrogens with zero attached hydrogens (tertiary/aromatic N) is 1. The lowest BCUT2D eigenvalue weighted by atomic mass is 10.2. The Labute approximate surface area is 155 Å². The number of likely N-dealkylation sites (tertiary alicyclic amines) is 1. The highest BCUT2D eigenvalue weighted by molar-refractivity contribution is 7.86. The third-order valence-electron chi connectivity index (χ3n) is 4.12. The molecule has 1 aliphatic heterocycles. The van der Waals surface area contributed by atoms with Gasteiger partial charge in [0.15, 0.2) is 0 Å². The predicted molar refractivity (Wildman–Crippen MR) is 96.5 cm³/mol. The van der Waals surface area contributed by atoms with E-state index in [9.17, 15) is 13.2 Å². The van der Waals surface area contributed by atoms with Gasteiger partial charge in [0, 0.05) is 13.7 Å². The number of carbonyl (C=O) groups is 1. The molecule has 1 heterocycles. The number of methoxy groups -OCH3 is 1. The Morgan fingerprint density at radius 2 is 1.85 bits per heavy atom. The number of carbonyl (C=O) groups excluding carboxylic acids is 1. The lowest BCUT2D eigenvalue weighted by Crippen LogP contribution is -2.45. The first-order chi connectivity index (χ1) is 12.0. The fourth-order valence-corrected chi connectivity index (χ4v) is 3.70. The van der Waals surface area contributed by atoms with Crippen molar-refractivity contribution in [2.45, 2.75) is 56.8 Å². The summed E-state index contributed by atoms with van der Waals surface area (Å²) in [6, 6.07) is 5.88. The SMILES string of the molecule is COC1CCN(C(=O)OC(C)(C)C)C1COS(=O)(=O)c1ccc(C)cc1. The summed E-state index contributed by atoms with van der Waals surface area (Å²) in [5.74, 6) is 0. The third kappa shape index (κ3) is 5.18. The van der Waals surface area contributed by atoms with Crippen LogP contribution < -0.4 is 0 Å². The van der Waals surface area contributed by atoms with Crippen molar-refractivity contribution in [2.24, 2.45) is 0 Å². The lowest BCUT2D eigenvalue weighted by molar-refractivity contribution is 0.00232. The molecule has 0 bridgehead atoms. The molecule has 1 saturated heterocycles. The van der Waals surface area contributed by atoms with E-state index in [2.05, 4.69) is 0 Å². The fourth-order valence-electron chi connectivity index (χ4n) is 2.78. The van der Waals surface area contributed by atoms with Crippen molar-refractivity contribution >= 4 is 16.2 Å². The van der Waals surface area contributed by atoms with Gasteiger partial charge in [0.05, 0.1) is 23.6 Å². The molecule has 8 heteroatoms. The maximum Gasteiger partial charge on any atom is 0.410 e. The standard InChI is InChI=1S/C18H27NO6S/c1-13-6-8-14(9-7-13)26(21,22)24-12-15-16(23-5)10-11-19(15)17(20)25-18(2,3)4/h6-9,15-16H,10-12H2,1-5H3. The molecular weight excluding hydrogens is 358 g/mol. The molecule has 2 atom stereocenters. The van der Waals surface area contributed by atoms with Crippen molar-refractivity contribution in [2.75, 3.05) is 20.3 Å². The molecule has 1 amide bonds. The van der Waals surface area contributed by atoms with Crippen LogP contribution >= 0.6 is 0 Å². The van der Waals surface area contributed by atoms with Gasteiger partial charge in [-0.15, -0.1) is 0 Å². The minimum absolute atomic E-state index is 0.0823. The summed E-state index contributed by atoms with van der Waals surface area (Å²) < 4.78 is 40.8. The first-order valence-corrected chi connectivity index (χ1v) is 9.93. The van der Waals surface area contributed by atoms with Crippen LogP contribution in [0.5, 0.6) is 0 Å². The average molecular weight is 385 g/mol. The molecule has 26 heavy (non-hydrogen) atoms. The van der Waals surface area contributed by atoms with Crippen LogP contribution in [-0.4, -0.2) is 57.4 Å². The molecule has 0 N–H and O–H groups in total. The van der Waals surface area contributed by atoms with E-state index >= 15 is 0 Å². The Bertz CT molecular complexity index is 723. The minimum Gasteiger partial charge on any atom is -0.444 e. The van der Waals surface area contributed by atoms with Gasteiger partial charge in [-0.1, -0.05) is 17.7 Å². The molecule has 1 aromatic carbocycles. The van der Waals surface area contributed by atoms with Crippen LogP contribution in [0.3, 0.4) is 0 Å². The molecule has 1 aromatic rings. The summed E-state index contributed by atoms with van der Waals surface area (Å²) in [5, 5.41) is 0. The first kappa shape index (κ1) is 20.7. The molecule has 1 aliphatic rings. The van der Waals surface area contributed by atoms with Crippen LogP contribution in [0.15, 0.2) is 29.2 Å². The zero-order valence-electron chi connectivity index (χ0n) is 15.9. The largest absolute Gasteiger partial charge is 0.444 e. The van der Waals surface area contributed by atoms with E-state index in [4.69, 9.17) is 13.7 Å².